The maximum absolute atomic E-state index is 11.6. The monoisotopic (exact) mass is 309 g/mol. The molecule has 0 radical (unpaired) electrons. The molecule has 0 spiro atoms. The highest BCUT2D eigenvalue weighted by atomic mass is 16.6. The number of ether oxygens (including phenoxy) is 2. The third-order valence-corrected chi connectivity index (χ3v) is 2.91. The number of rotatable bonds is 7. The van der Waals surface area contributed by atoms with Gasteiger partial charge in [-0.25, -0.2) is 4.79 Å². The molecule has 1 atom stereocenters. The maximum Gasteiger partial charge on any atom is 0.407 e. The standard InChI is InChI=1S/C16H27N3O3/c1-16(2,3)22-15(20)18-10-9-13(11-17)19-12-5-7-14(21-4)8-6-12/h5-8,13,19H,9-11,17H2,1-4H3,(H,18,20). The molecule has 1 aromatic rings. The summed E-state index contributed by atoms with van der Waals surface area (Å²) in [5, 5.41) is 6.06. The second kappa shape index (κ2) is 8.48. The minimum absolute atomic E-state index is 0.0725. The molecule has 22 heavy (non-hydrogen) atoms. The fourth-order valence-electron chi connectivity index (χ4n) is 1.83. The van der Waals surface area contributed by atoms with Crippen molar-refractivity contribution in [3.05, 3.63) is 24.3 Å². The quantitative estimate of drug-likeness (QED) is 0.720. The van der Waals surface area contributed by atoms with Crippen LogP contribution in [-0.4, -0.2) is 37.9 Å². The average molecular weight is 309 g/mol. The summed E-state index contributed by atoms with van der Waals surface area (Å²) in [4.78, 5) is 11.6. The number of anilines is 1. The molecule has 0 saturated heterocycles. The molecule has 0 heterocycles. The molecule has 6 nitrogen and oxygen atoms in total. The van der Waals surface area contributed by atoms with Crippen LogP contribution in [-0.2, 0) is 4.74 Å². The van der Waals surface area contributed by atoms with E-state index in [1.165, 1.54) is 0 Å². The van der Waals surface area contributed by atoms with Gasteiger partial charge in [0, 0.05) is 24.8 Å². The molecule has 1 rings (SSSR count). The van der Waals surface area contributed by atoms with Crippen LogP contribution in [0.2, 0.25) is 0 Å². The normalized spacial score (nSPS) is 12.4. The van der Waals surface area contributed by atoms with Crippen molar-refractivity contribution in [2.45, 2.75) is 38.8 Å². The summed E-state index contributed by atoms with van der Waals surface area (Å²) in [7, 11) is 1.63. The van der Waals surface area contributed by atoms with E-state index in [-0.39, 0.29) is 6.04 Å². The SMILES string of the molecule is COc1ccc(NC(CN)CCNC(=O)OC(C)(C)C)cc1. The van der Waals surface area contributed by atoms with Crippen LogP contribution < -0.4 is 21.1 Å². The molecule has 0 bridgehead atoms. The molecular weight excluding hydrogens is 282 g/mol. The summed E-state index contributed by atoms with van der Waals surface area (Å²) in [6.07, 6.45) is 0.301. The van der Waals surface area contributed by atoms with Gasteiger partial charge in [0.25, 0.3) is 0 Å². The first kappa shape index (κ1) is 18.1. The number of amides is 1. The topological polar surface area (TPSA) is 85.6 Å². The van der Waals surface area contributed by atoms with E-state index in [1.54, 1.807) is 7.11 Å². The number of methoxy groups -OCH3 is 1. The largest absolute Gasteiger partial charge is 0.497 e. The molecule has 1 amide bonds. The van der Waals surface area contributed by atoms with Crippen molar-refractivity contribution < 1.29 is 14.3 Å². The van der Waals surface area contributed by atoms with Crippen LogP contribution in [0.5, 0.6) is 5.75 Å². The molecule has 0 fully saturated rings. The second-order valence-electron chi connectivity index (χ2n) is 6.02. The van der Waals surface area contributed by atoms with Crippen LogP contribution in [0.1, 0.15) is 27.2 Å². The third-order valence-electron chi connectivity index (χ3n) is 2.91. The fourth-order valence-corrected chi connectivity index (χ4v) is 1.83. The Bertz CT molecular complexity index is 455. The fraction of sp³-hybridized carbons (Fsp3) is 0.562. The van der Waals surface area contributed by atoms with E-state index in [1.807, 2.05) is 45.0 Å². The molecule has 0 aliphatic rings. The minimum atomic E-state index is -0.487. The van der Waals surface area contributed by atoms with Gasteiger partial charge in [-0.1, -0.05) is 0 Å². The van der Waals surface area contributed by atoms with Gasteiger partial charge >= 0.3 is 6.09 Å². The highest BCUT2D eigenvalue weighted by Crippen LogP contribution is 2.16. The van der Waals surface area contributed by atoms with Crippen molar-refractivity contribution in [3.63, 3.8) is 0 Å². The third kappa shape index (κ3) is 7.17. The highest BCUT2D eigenvalue weighted by Gasteiger charge is 2.16. The highest BCUT2D eigenvalue weighted by molar-refractivity contribution is 5.67. The molecule has 0 saturated carbocycles. The van der Waals surface area contributed by atoms with E-state index < -0.39 is 11.7 Å². The van der Waals surface area contributed by atoms with E-state index in [2.05, 4.69) is 10.6 Å². The van der Waals surface area contributed by atoms with Gasteiger partial charge in [-0.05, 0) is 51.5 Å². The molecule has 1 aromatic carbocycles. The Morgan fingerprint density at radius 2 is 1.91 bits per heavy atom. The number of hydrogen-bond acceptors (Lipinski definition) is 5. The van der Waals surface area contributed by atoms with Crippen molar-refractivity contribution in [1.82, 2.24) is 5.32 Å². The first-order valence-corrected chi connectivity index (χ1v) is 7.41. The smallest absolute Gasteiger partial charge is 0.407 e. The first-order valence-electron chi connectivity index (χ1n) is 7.41. The Balaban J connectivity index is 2.37. The second-order valence-corrected chi connectivity index (χ2v) is 6.02. The van der Waals surface area contributed by atoms with Gasteiger partial charge in [-0.3, -0.25) is 0 Å². The lowest BCUT2D eigenvalue weighted by Gasteiger charge is -2.21. The molecule has 0 aliphatic carbocycles. The van der Waals surface area contributed by atoms with Crippen LogP contribution in [0.15, 0.2) is 24.3 Å². The Morgan fingerprint density at radius 3 is 2.41 bits per heavy atom. The molecule has 4 N–H and O–H groups in total. The Hall–Kier alpha value is -1.95. The van der Waals surface area contributed by atoms with Gasteiger partial charge in [0.05, 0.1) is 7.11 Å². The van der Waals surface area contributed by atoms with Crippen LogP contribution >= 0.6 is 0 Å². The number of hydrogen-bond donors (Lipinski definition) is 3. The number of nitrogens with two attached hydrogens (primary N) is 1. The molecule has 0 aliphatic heterocycles. The van der Waals surface area contributed by atoms with Gasteiger partial charge < -0.3 is 25.8 Å². The van der Waals surface area contributed by atoms with Crippen molar-refractivity contribution in [2.24, 2.45) is 5.73 Å². The zero-order chi connectivity index (χ0) is 16.6. The molecule has 6 heteroatoms. The zero-order valence-electron chi connectivity index (χ0n) is 13.8. The van der Waals surface area contributed by atoms with E-state index >= 15 is 0 Å². The lowest BCUT2D eigenvalue weighted by atomic mass is 10.2. The van der Waals surface area contributed by atoms with Gasteiger partial charge in [0.15, 0.2) is 0 Å². The first-order chi connectivity index (χ1) is 10.3. The van der Waals surface area contributed by atoms with E-state index in [4.69, 9.17) is 15.2 Å². The van der Waals surface area contributed by atoms with Crippen molar-refractivity contribution >= 4 is 11.8 Å². The number of alkyl carbamates (subject to hydrolysis) is 1. The van der Waals surface area contributed by atoms with E-state index in [0.717, 1.165) is 11.4 Å². The molecule has 0 aromatic heterocycles. The van der Waals surface area contributed by atoms with Crippen LogP contribution in [0.25, 0.3) is 0 Å². The Kier molecular flexibility index (Phi) is 6.98. The van der Waals surface area contributed by atoms with E-state index in [9.17, 15) is 4.79 Å². The summed E-state index contributed by atoms with van der Waals surface area (Å²) < 4.78 is 10.3. The van der Waals surface area contributed by atoms with Crippen molar-refractivity contribution in [2.75, 3.05) is 25.5 Å². The number of carbonyl (C=O) groups excluding carboxylic acids is 1. The van der Waals surface area contributed by atoms with E-state index in [0.29, 0.717) is 19.5 Å². The van der Waals surface area contributed by atoms with Crippen LogP contribution in [0.4, 0.5) is 10.5 Å². The predicted octanol–water partition coefficient (Wildman–Crippen LogP) is 2.35. The zero-order valence-corrected chi connectivity index (χ0v) is 13.8. The number of benzene rings is 1. The van der Waals surface area contributed by atoms with Gasteiger partial charge in [0.1, 0.15) is 11.4 Å². The summed E-state index contributed by atoms with van der Waals surface area (Å²) in [6, 6.07) is 7.71. The minimum Gasteiger partial charge on any atom is -0.497 e. The Labute approximate surface area is 132 Å². The molecule has 1 unspecified atom stereocenters. The van der Waals surface area contributed by atoms with Crippen molar-refractivity contribution in [3.8, 4) is 5.75 Å². The number of nitrogens with one attached hydrogen (secondary N) is 2. The van der Waals surface area contributed by atoms with Gasteiger partial charge in [-0.2, -0.15) is 0 Å². The van der Waals surface area contributed by atoms with Crippen LogP contribution in [0, 0.1) is 0 Å². The summed E-state index contributed by atoms with van der Waals surface area (Å²) in [5.74, 6) is 0.807. The lowest BCUT2D eigenvalue weighted by molar-refractivity contribution is 0.0527. The Morgan fingerprint density at radius 1 is 1.27 bits per heavy atom. The number of carbonyl (C=O) groups is 1. The summed E-state index contributed by atoms with van der Waals surface area (Å²) >= 11 is 0. The predicted molar refractivity (Wildman–Crippen MR) is 88.3 cm³/mol. The molecule has 124 valence electrons. The van der Waals surface area contributed by atoms with Gasteiger partial charge in [-0.15, -0.1) is 0 Å². The average Bonchev–Trinajstić information content (AvgIpc) is 2.45. The maximum atomic E-state index is 11.6. The lowest BCUT2D eigenvalue weighted by Crippen LogP contribution is -2.37. The summed E-state index contributed by atoms with van der Waals surface area (Å²) in [5.41, 5.74) is 6.24. The molecular formula is C16H27N3O3. The van der Waals surface area contributed by atoms with Crippen molar-refractivity contribution in [1.29, 1.82) is 0 Å². The van der Waals surface area contributed by atoms with Gasteiger partial charge in [0.2, 0.25) is 0 Å². The summed E-state index contributed by atoms with van der Waals surface area (Å²) in [6.45, 7) is 6.48. The van der Waals surface area contributed by atoms with Crippen LogP contribution in [0.3, 0.4) is 0 Å².